The minimum atomic E-state index is -0.591. The SMILES string of the molecule is COCCN(C)Cc1ccc(-n2nc(C(C)(C)C)cc2N(OC=O)C(=O)N[C@H]2CC[C@@H](Oc3ccc4nnc(N5CCCC[C@@H]5C)n4c3)c3ccccc32)cc1. The van der Waals surface area contributed by atoms with Crippen molar-refractivity contribution in [3.05, 3.63) is 95.3 Å². The number of rotatable bonds is 13. The molecule has 1 N–H and O–H groups in total. The second-order valence-electron chi connectivity index (χ2n) is 15.9. The van der Waals surface area contributed by atoms with Crippen molar-refractivity contribution in [1.82, 2.24) is 34.6 Å². The highest BCUT2D eigenvalue weighted by Gasteiger charge is 2.34. The van der Waals surface area contributed by atoms with Gasteiger partial charge in [-0.15, -0.1) is 15.3 Å². The van der Waals surface area contributed by atoms with Crippen molar-refractivity contribution in [3.8, 4) is 11.4 Å². The van der Waals surface area contributed by atoms with Crippen molar-refractivity contribution in [2.24, 2.45) is 0 Å². The number of aromatic nitrogens is 5. The highest BCUT2D eigenvalue weighted by Crippen LogP contribution is 2.39. The van der Waals surface area contributed by atoms with Gasteiger partial charge in [-0.2, -0.15) is 5.10 Å². The number of hydrogen-bond acceptors (Lipinski definition) is 10. The Labute approximate surface area is 328 Å². The molecule has 4 heterocycles. The van der Waals surface area contributed by atoms with Crippen molar-refractivity contribution in [3.63, 3.8) is 0 Å². The number of likely N-dealkylation sites (N-methyl/N-ethyl adjacent to an activating group) is 1. The van der Waals surface area contributed by atoms with Gasteiger partial charge >= 0.3 is 12.5 Å². The fourth-order valence-corrected chi connectivity index (χ4v) is 7.62. The maximum atomic E-state index is 14.2. The van der Waals surface area contributed by atoms with Crippen LogP contribution in [0.4, 0.5) is 16.6 Å². The van der Waals surface area contributed by atoms with Crippen LogP contribution in [0.1, 0.15) is 94.3 Å². The van der Waals surface area contributed by atoms with Crippen molar-refractivity contribution >= 4 is 29.9 Å². The summed E-state index contributed by atoms with van der Waals surface area (Å²) in [7, 11) is 3.74. The maximum Gasteiger partial charge on any atom is 0.357 e. The standard InChI is InChI=1S/C42H53N9O5/c1-29-11-9-10-22-48(29)40-45-44-38-21-18-32(27-49(38)40)56-36-20-19-35(33-12-7-8-13-34(33)36)43-41(53)51(55-28-52)39-25-37(42(2,3)4)46-50(39)31-16-14-30(15-17-31)26-47(5)23-24-54-6/h7-8,12-18,21,25,27-29,35-36H,9-11,19-20,22-24,26H2,1-6H3,(H,43,53)/t29-,35-,36+/m0/s1. The number of amides is 2. The van der Waals surface area contributed by atoms with E-state index in [9.17, 15) is 9.59 Å². The number of carbonyl (C=O) groups excluding carboxylic acids is 2. The Morgan fingerprint density at radius 2 is 1.79 bits per heavy atom. The van der Waals surface area contributed by atoms with E-state index >= 15 is 0 Å². The molecule has 56 heavy (non-hydrogen) atoms. The van der Waals surface area contributed by atoms with E-state index in [0.29, 0.717) is 37.1 Å². The number of ether oxygens (including phenoxy) is 2. The first-order chi connectivity index (χ1) is 27.0. The van der Waals surface area contributed by atoms with E-state index in [1.54, 1.807) is 17.9 Å². The molecule has 14 heteroatoms. The number of hydrogen-bond donors (Lipinski definition) is 1. The zero-order valence-corrected chi connectivity index (χ0v) is 33.2. The number of benzene rings is 2. The summed E-state index contributed by atoms with van der Waals surface area (Å²) in [5.41, 5.74) is 4.90. The number of nitrogens with zero attached hydrogens (tertiary/aromatic N) is 8. The summed E-state index contributed by atoms with van der Waals surface area (Å²) in [6, 6.07) is 21.0. The fourth-order valence-electron chi connectivity index (χ4n) is 7.62. The van der Waals surface area contributed by atoms with Gasteiger partial charge in [-0.05, 0) is 87.0 Å². The Morgan fingerprint density at radius 3 is 2.52 bits per heavy atom. The third kappa shape index (κ3) is 8.36. The summed E-state index contributed by atoms with van der Waals surface area (Å²) in [5.74, 6) is 1.85. The molecule has 3 aromatic heterocycles. The predicted molar refractivity (Wildman–Crippen MR) is 214 cm³/mol. The van der Waals surface area contributed by atoms with Crippen LogP contribution in [0.15, 0.2) is 72.9 Å². The van der Waals surface area contributed by atoms with Crippen LogP contribution >= 0.6 is 0 Å². The molecule has 2 aliphatic rings. The van der Waals surface area contributed by atoms with Crippen LogP contribution in [0.5, 0.6) is 5.75 Å². The lowest BCUT2D eigenvalue weighted by molar-refractivity contribution is -0.129. The lowest BCUT2D eigenvalue weighted by Gasteiger charge is -2.34. The minimum Gasteiger partial charge on any atom is -0.484 e. The van der Waals surface area contributed by atoms with Gasteiger partial charge in [0, 0.05) is 44.3 Å². The third-order valence-electron chi connectivity index (χ3n) is 10.7. The fraction of sp³-hybridized carbons (Fsp3) is 0.452. The average molecular weight is 764 g/mol. The minimum absolute atomic E-state index is 0.244. The lowest BCUT2D eigenvalue weighted by Crippen LogP contribution is -2.43. The highest BCUT2D eigenvalue weighted by molar-refractivity contribution is 5.90. The second kappa shape index (κ2) is 16.7. The van der Waals surface area contributed by atoms with Crippen LogP contribution in [0.3, 0.4) is 0 Å². The van der Waals surface area contributed by atoms with Gasteiger partial charge in [-0.1, -0.05) is 57.2 Å². The molecule has 1 aliphatic carbocycles. The zero-order valence-electron chi connectivity index (χ0n) is 33.2. The molecular formula is C42H53N9O5. The molecule has 0 radical (unpaired) electrons. The summed E-state index contributed by atoms with van der Waals surface area (Å²) in [6.07, 6.45) is 6.46. The highest BCUT2D eigenvalue weighted by atomic mass is 16.7. The van der Waals surface area contributed by atoms with Crippen LogP contribution in [0, 0.1) is 0 Å². The number of pyridine rings is 1. The summed E-state index contributed by atoms with van der Waals surface area (Å²) < 4.78 is 15.6. The number of urea groups is 1. The van der Waals surface area contributed by atoms with Gasteiger partial charge in [0.05, 0.1) is 30.2 Å². The Morgan fingerprint density at radius 1 is 1.00 bits per heavy atom. The van der Waals surface area contributed by atoms with E-state index in [2.05, 4.69) is 32.2 Å². The predicted octanol–water partition coefficient (Wildman–Crippen LogP) is 6.93. The molecule has 7 rings (SSSR count). The Bertz CT molecular complexity index is 2120. The smallest absolute Gasteiger partial charge is 0.357 e. The maximum absolute atomic E-state index is 14.2. The number of hydroxylamine groups is 1. The van der Waals surface area contributed by atoms with E-state index in [1.807, 2.05) is 99.1 Å². The molecule has 14 nitrogen and oxygen atoms in total. The molecule has 296 valence electrons. The van der Waals surface area contributed by atoms with Crippen LogP contribution < -0.4 is 20.0 Å². The molecule has 1 aliphatic heterocycles. The molecule has 0 bridgehead atoms. The third-order valence-corrected chi connectivity index (χ3v) is 10.7. The summed E-state index contributed by atoms with van der Waals surface area (Å²) in [6.45, 7) is 11.8. The van der Waals surface area contributed by atoms with Gasteiger partial charge in [0.15, 0.2) is 11.5 Å². The van der Waals surface area contributed by atoms with E-state index in [4.69, 9.17) is 19.4 Å². The number of nitrogens with one attached hydrogen (secondary N) is 1. The van der Waals surface area contributed by atoms with Crippen LogP contribution in [0.25, 0.3) is 11.3 Å². The second-order valence-corrected chi connectivity index (χ2v) is 15.9. The zero-order chi connectivity index (χ0) is 39.4. The summed E-state index contributed by atoms with van der Waals surface area (Å²) >= 11 is 0. The van der Waals surface area contributed by atoms with Crippen molar-refractivity contribution in [2.45, 2.75) is 89.9 Å². The lowest BCUT2D eigenvalue weighted by atomic mass is 9.85. The topological polar surface area (TPSA) is 132 Å². The van der Waals surface area contributed by atoms with Crippen LogP contribution in [-0.2, 0) is 26.3 Å². The number of anilines is 2. The molecule has 3 atom stereocenters. The molecule has 1 fully saturated rings. The average Bonchev–Trinajstić information content (AvgIpc) is 3.83. The van der Waals surface area contributed by atoms with E-state index in [0.717, 1.165) is 77.2 Å². The van der Waals surface area contributed by atoms with E-state index in [1.165, 1.54) is 6.42 Å². The van der Waals surface area contributed by atoms with Crippen molar-refractivity contribution in [1.29, 1.82) is 0 Å². The monoisotopic (exact) mass is 763 g/mol. The number of fused-ring (bicyclic) bond motifs is 2. The molecule has 1 saturated heterocycles. The van der Waals surface area contributed by atoms with E-state index in [-0.39, 0.29) is 24.0 Å². The van der Waals surface area contributed by atoms with Gasteiger partial charge in [-0.25, -0.2) is 9.48 Å². The van der Waals surface area contributed by atoms with E-state index < -0.39 is 6.03 Å². The first kappa shape index (κ1) is 38.8. The number of piperidine rings is 1. The number of methoxy groups -OCH3 is 1. The summed E-state index contributed by atoms with van der Waals surface area (Å²) in [4.78, 5) is 36.1. The van der Waals surface area contributed by atoms with Gasteiger partial charge in [0.25, 0.3) is 0 Å². The molecule has 0 spiro atoms. The first-order valence-electron chi connectivity index (χ1n) is 19.5. The largest absolute Gasteiger partial charge is 0.484 e. The Balaban J connectivity index is 1.11. The molecule has 0 unspecified atom stereocenters. The first-order valence-corrected chi connectivity index (χ1v) is 19.5. The quantitative estimate of drug-likeness (QED) is 0.0996. The van der Waals surface area contributed by atoms with Gasteiger partial charge in [-0.3, -0.25) is 14.1 Å². The van der Waals surface area contributed by atoms with Gasteiger partial charge < -0.3 is 24.5 Å². The van der Waals surface area contributed by atoms with Crippen molar-refractivity contribution < 1.29 is 23.9 Å². The van der Waals surface area contributed by atoms with Gasteiger partial charge in [0.2, 0.25) is 5.95 Å². The molecule has 0 saturated carbocycles. The Hall–Kier alpha value is -5.47. The molecular weight excluding hydrogens is 711 g/mol. The molecule has 5 aromatic rings. The molecule has 2 aromatic carbocycles. The Kier molecular flexibility index (Phi) is 11.6. The molecule has 2 amide bonds. The van der Waals surface area contributed by atoms with Crippen LogP contribution in [-0.4, -0.2) is 81.7 Å². The number of carbonyl (C=O) groups is 2. The van der Waals surface area contributed by atoms with Gasteiger partial charge in [0.1, 0.15) is 11.9 Å². The summed E-state index contributed by atoms with van der Waals surface area (Å²) in [5, 5.41) is 18.0. The van der Waals surface area contributed by atoms with Crippen LogP contribution in [0.2, 0.25) is 0 Å². The normalized spacial score (nSPS) is 18.5. The van der Waals surface area contributed by atoms with Crippen molar-refractivity contribution in [2.75, 3.05) is 43.8 Å².